The van der Waals surface area contributed by atoms with Gasteiger partial charge in [-0.05, 0) is 53.9 Å². The van der Waals surface area contributed by atoms with Gasteiger partial charge in [0.1, 0.15) is 17.9 Å². The third kappa shape index (κ3) is 4.03. The number of hydrogen-bond acceptors (Lipinski definition) is 6. The zero-order chi connectivity index (χ0) is 22.7. The first-order valence-corrected chi connectivity index (χ1v) is 11.3. The van der Waals surface area contributed by atoms with E-state index in [0.717, 1.165) is 5.56 Å². The van der Waals surface area contributed by atoms with Crippen LogP contribution in [0.2, 0.25) is 0 Å². The fourth-order valence-electron chi connectivity index (χ4n) is 3.59. The van der Waals surface area contributed by atoms with Crippen molar-refractivity contribution in [2.24, 2.45) is 0 Å². The molecule has 0 fully saturated rings. The summed E-state index contributed by atoms with van der Waals surface area (Å²) in [5.41, 5.74) is 2.84. The fourth-order valence-corrected chi connectivity index (χ4v) is 5.12. The summed E-state index contributed by atoms with van der Waals surface area (Å²) in [5.74, 6) is -0.485. The van der Waals surface area contributed by atoms with Crippen LogP contribution >= 0.6 is 0 Å². The smallest absolute Gasteiger partial charge is 0.342 e. The van der Waals surface area contributed by atoms with E-state index in [1.54, 1.807) is 36.4 Å². The second-order valence-electron chi connectivity index (χ2n) is 7.20. The van der Waals surface area contributed by atoms with Crippen LogP contribution in [0, 0.1) is 11.3 Å². The van der Waals surface area contributed by atoms with Gasteiger partial charge in [0.25, 0.3) is 10.0 Å². The minimum absolute atomic E-state index is 0.0136. The molecule has 1 aliphatic rings. The first-order valence-electron chi connectivity index (χ1n) is 9.89. The van der Waals surface area contributed by atoms with Gasteiger partial charge in [0, 0.05) is 6.54 Å². The van der Waals surface area contributed by atoms with Crippen LogP contribution in [-0.4, -0.2) is 28.0 Å². The van der Waals surface area contributed by atoms with Crippen molar-refractivity contribution in [1.82, 2.24) is 0 Å². The molecule has 0 unspecified atom stereocenters. The standard InChI is InChI=1S/C24H20N2O5S/c1-30-23-11-10-20(32(28,29)26-13-12-19-4-2-3-5-22(19)26)14-21(23)24(27)31-16-18-8-6-17(15-25)7-9-18/h2-11,14H,12-13,16H2,1H3. The Hall–Kier alpha value is -3.83. The number of anilines is 1. The number of esters is 1. The Kier molecular flexibility index (Phi) is 5.84. The molecule has 162 valence electrons. The topological polar surface area (TPSA) is 96.7 Å². The second kappa shape index (κ2) is 8.73. The van der Waals surface area contributed by atoms with Gasteiger partial charge in [0.05, 0.1) is 29.3 Å². The van der Waals surface area contributed by atoms with E-state index in [1.165, 1.54) is 29.6 Å². The fraction of sp³-hybridized carbons (Fsp3) is 0.167. The summed E-state index contributed by atoms with van der Waals surface area (Å²) in [6, 6.07) is 20.2. The van der Waals surface area contributed by atoms with Crippen LogP contribution < -0.4 is 9.04 Å². The number of para-hydroxylation sites is 1. The molecule has 0 amide bonds. The molecule has 0 saturated carbocycles. The zero-order valence-electron chi connectivity index (χ0n) is 17.3. The van der Waals surface area contributed by atoms with Crippen molar-refractivity contribution >= 4 is 21.7 Å². The number of nitriles is 1. The molecular weight excluding hydrogens is 428 g/mol. The molecule has 0 aliphatic carbocycles. The predicted molar refractivity (Wildman–Crippen MR) is 118 cm³/mol. The highest BCUT2D eigenvalue weighted by atomic mass is 32.2. The Morgan fingerprint density at radius 1 is 1.09 bits per heavy atom. The normalized spacial score (nSPS) is 12.7. The van der Waals surface area contributed by atoms with E-state index in [1.807, 2.05) is 18.2 Å². The number of fused-ring (bicyclic) bond motifs is 1. The van der Waals surface area contributed by atoms with Gasteiger partial charge in [0.2, 0.25) is 0 Å². The summed E-state index contributed by atoms with van der Waals surface area (Å²) >= 11 is 0. The lowest BCUT2D eigenvalue weighted by Crippen LogP contribution is -2.29. The first kappa shape index (κ1) is 21.4. The Balaban J connectivity index is 1.59. The van der Waals surface area contributed by atoms with E-state index in [0.29, 0.717) is 29.8 Å². The molecule has 32 heavy (non-hydrogen) atoms. The number of carbonyl (C=O) groups excluding carboxylic acids is 1. The average Bonchev–Trinajstić information content (AvgIpc) is 3.27. The van der Waals surface area contributed by atoms with E-state index >= 15 is 0 Å². The van der Waals surface area contributed by atoms with E-state index in [4.69, 9.17) is 14.7 Å². The van der Waals surface area contributed by atoms with Crippen molar-refractivity contribution in [3.05, 3.63) is 89.0 Å². The van der Waals surface area contributed by atoms with Crippen molar-refractivity contribution in [3.8, 4) is 11.8 Å². The minimum Gasteiger partial charge on any atom is -0.496 e. The molecule has 1 heterocycles. The number of hydrogen-bond donors (Lipinski definition) is 0. The zero-order valence-corrected chi connectivity index (χ0v) is 18.1. The number of sulfonamides is 1. The van der Waals surface area contributed by atoms with Crippen LogP contribution in [0.3, 0.4) is 0 Å². The number of carbonyl (C=O) groups is 1. The van der Waals surface area contributed by atoms with Crippen LogP contribution in [0.4, 0.5) is 5.69 Å². The van der Waals surface area contributed by atoms with Gasteiger partial charge in [-0.25, -0.2) is 13.2 Å². The lowest BCUT2D eigenvalue weighted by atomic mass is 10.1. The molecule has 0 N–H and O–H groups in total. The molecule has 4 rings (SSSR count). The van der Waals surface area contributed by atoms with E-state index in [2.05, 4.69) is 0 Å². The van der Waals surface area contributed by atoms with E-state index in [-0.39, 0.29) is 22.8 Å². The lowest BCUT2D eigenvalue weighted by molar-refractivity contribution is 0.0468. The van der Waals surface area contributed by atoms with Crippen molar-refractivity contribution < 1.29 is 22.7 Å². The monoisotopic (exact) mass is 448 g/mol. The quantitative estimate of drug-likeness (QED) is 0.534. The highest BCUT2D eigenvalue weighted by Crippen LogP contribution is 2.34. The molecule has 3 aromatic carbocycles. The van der Waals surface area contributed by atoms with Gasteiger partial charge in [-0.1, -0.05) is 30.3 Å². The minimum atomic E-state index is -3.87. The summed E-state index contributed by atoms with van der Waals surface area (Å²) in [4.78, 5) is 12.7. The van der Waals surface area contributed by atoms with Gasteiger partial charge >= 0.3 is 5.97 Å². The Morgan fingerprint density at radius 2 is 1.84 bits per heavy atom. The number of methoxy groups -OCH3 is 1. The molecule has 0 aromatic heterocycles. The molecule has 3 aromatic rings. The summed E-state index contributed by atoms with van der Waals surface area (Å²) < 4.78 is 38.6. The summed E-state index contributed by atoms with van der Waals surface area (Å²) in [6.45, 7) is 0.316. The number of ether oxygens (including phenoxy) is 2. The summed E-state index contributed by atoms with van der Waals surface area (Å²) in [6.07, 6.45) is 0.630. The second-order valence-corrected chi connectivity index (χ2v) is 9.07. The maximum atomic E-state index is 13.3. The Labute approximate surface area is 186 Å². The number of nitrogens with zero attached hydrogens (tertiary/aromatic N) is 2. The van der Waals surface area contributed by atoms with E-state index < -0.39 is 16.0 Å². The highest BCUT2D eigenvalue weighted by molar-refractivity contribution is 7.92. The Morgan fingerprint density at radius 3 is 2.56 bits per heavy atom. The lowest BCUT2D eigenvalue weighted by Gasteiger charge is -2.20. The van der Waals surface area contributed by atoms with Gasteiger partial charge in [-0.2, -0.15) is 5.26 Å². The molecule has 0 saturated heterocycles. The molecule has 1 aliphatic heterocycles. The van der Waals surface area contributed by atoms with Gasteiger partial charge in [-0.3, -0.25) is 4.31 Å². The average molecular weight is 449 g/mol. The molecule has 0 radical (unpaired) electrons. The molecule has 0 bridgehead atoms. The van der Waals surface area contributed by atoms with Crippen LogP contribution in [-0.2, 0) is 27.8 Å². The maximum Gasteiger partial charge on any atom is 0.342 e. The van der Waals surface area contributed by atoms with Crippen LogP contribution in [0.15, 0.2) is 71.6 Å². The van der Waals surface area contributed by atoms with Gasteiger partial charge in [0.15, 0.2) is 0 Å². The van der Waals surface area contributed by atoms with Crippen molar-refractivity contribution in [3.63, 3.8) is 0 Å². The third-order valence-corrected chi connectivity index (χ3v) is 7.09. The van der Waals surface area contributed by atoms with E-state index in [9.17, 15) is 13.2 Å². The van der Waals surface area contributed by atoms with Crippen LogP contribution in [0.1, 0.15) is 27.0 Å². The molecular formula is C24H20N2O5S. The van der Waals surface area contributed by atoms with Crippen molar-refractivity contribution in [2.45, 2.75) is 17.9 Å². The highest BCUT2D eigenvalue weighted by Gasteiger charge is 2.31. The summed E-state index contributed by atoms with van der Waals surface area (Å²) in [5, 5.41) is 8.88. The predicted octanol–water partition coefficient (Wildman–Crippen LogP) is 3.68. The molecule has 0 atom stereocenters. The number of benzene rings is 3. The van der Waals surface area contributed by atoms with Crippen molar-refractivity contribution in [1.29, 1.82) is 5.26 Å². The molecule has 8 heteroatoms. The van der Waals surface area contributed by atoms with Gasteiger partial charge < -0.3 is 9.47 Å². The Bertz CT molecular complexity index is 1310. The third-order valence-electron chi connectivity index (χ3n) is 5.28. The SMILES string of the molecule is COc1ccc(S(=O)(=O)N2CCc3ccccc32)cc1C(=O)OCc1ccc(C#N)cc1. The summed E-state index contributed by atoms with van der Waals surface area (Å²) in [7, 11) is -2.47. The number of rotatable bonds is 6. The van der Waals surface area contributed by atoms with Crippen LogP contribution in [0.5, 0.6) is 5.75 Å². The first-order chi connectivity index (χ1) is 15.4. The van der Waals surface area contributed by atoms with Crippen LogP contribution in [0.25, 0.3) is 0 Å². The molecule has 7 nitrogen and oxygen atoms in total. The maximum absolute atomic E-state index is 13.3. The van der Waals surface area contributed by atoms with Gasteiger partial charge in [-0.15, -0.1) is 0 Å². The molecule has 0 spiro atoms. The largest absolute Gasteiger partial charge is 0.496 e. The van der Waals surface area contributed by atoms with Crippen molar-refractivity contribution in [2.75, 3.05) is 18.0 Å².